The van der Waals surface area contributed by atoms with Crippen LogP contribution in [0.3, 0.4) is 0 Å². The van der Waals surface area contributed by atoms with Gasteiger partial charge in [0.2, 0.25) is 0 Å². The van der Waals surface area contributed by atoms with Crippen LogP contribution in [0, 0.1) is 20.8 Å². The summed E-state index contributed by atoms with van der Waals surface area (Å²) >= 11 is 0. The van der Waals surface area contributed by atoms with E-state index in [0.29, 0.717) is 0 Å². The van der Waals surface area contributed by atoms with Gasteiger partial charge < -0.3 is 14.8 Å². The summed E-state index contributed by atoms with van der Waals surface area (Å²) < 4.78 is 10.7. The summed E-state index contributed by atoms with van der Waals surface area (Å²) in [5.74, 6) is -1.12. The molecule has 0 bridgehead atoms. The first-order chi connectivity index (χ1) is 12.9. The van der Waals surface area contributed by atoms with Gasteiger partial charge in [-0.05, 0) is 56.5 Å². The lowest BCUT2D eigenvalue weighted by Crippen LogP contribution is -2.16. The largest absolute Gasteiger partial charge is 0.462 e. The molecule has 0 saturated heterocycles. The van der Waals surface area contributed by atoms with Gasteiger partial charge in [-0.25, -0.2) is 9.59 Å². The van der Waals surface area contributed by atoms with E-state index in [1.807, 2.05) is 63.2 Å². The molecule has 1 N–H and O–H groups in total. The lowest BCUT2D eigenvalue weighted by molar-refractivity contribution is -0.142. The van der Waals surface area contributed by atoms with Gasteiger partial charge >= 0.3 is 11.9 Å². The number of hydrogen-bond donors (Lipinski definition) is 1. The van der Waals surface area contributed by atoms with Crippen molar-refractivity contribution in [3.63, 3.8) is 0 Å². The minimum absolute atomic E-state index is 0.127. The zero-order valence-corrected chi connectivity index (χ0v) is 16.0. The Bertz CT molecular complexity index is 912. The van der Waals surface area contributed by atoms with Crippen molar-refractivity contribution < 1.29 is 19.1 Å². The molecule has 1 aliphatic heterocycles. The predicted octanol–water partition coefficient (Wildman–Crippen LogP) is 4.14. The predicted molar refractivity (Wildman–Crippen MR) is 103 cm³/mol. The van der Waals surface area contributed by atoms with E-state index < -0.39 is 18.0 Å². The lowest BCUT2D eigenvalue weighted by Gasteiger charge is -2.14. The molecule has 0 saturated carbocycles. The van der Waals surface area contributed by atoms with Crippen LogP contribution in [0.15, 0.2) is 53.7 Å². The minimum atomic E-state index is -0.786. The standard InChI is InChI=1S/C22H23NO4/c1-5-26-21(24)18-19(23-17-11-8-14(3)15(4)12-17)22(25)27-20(18)16-9-6-13(2)7-10-16/h6-12,20,23H,5H2,1-4H3. The first kappa shape index (κ1) is 18.7. The maximum atomic E-state index is 12.6. The highest BCUT2D eigenvalue weighted by Crippen LogP contribution is 2.36. The Morgan fingerprint density at radius 3 is 2.41 bits per heavy atom. The molecule has 3 rings (SSSR count). The van der Waals surface area contributed by atoms with Crippen LogP contribution < -0.4 is 5.32 Å². The zero-order valence-electron chi connectivity index (χ0n) is 16.0. The third-order valence-electron chi connectivity index (χ3n) is 4.61. The molecule has 27 heavy (non-hydrogen) atoms. The molecule has 5 heteroatoms. The molecule has 140 valence electrons. The summed E-state index contributed by atoms with van der Waals surface area (Å²) in [5, 5.41) is 3.06. The minimum Gasteiger partial charge on any atom is -0.462 e. The van der Waals surface area contributed by atoms with Crippen LogP contribution >= 0.6 is 0 Å². The number of nitrogens with one attached hydrogen (secondary N) is 1. The summed E-state index contributed by atoms with van der Waals surface area (Å²) in [6, 6.07) is 13.3. The van der Waals surface area contributed by atoms with Gasteiger partial charge in [0.25, 0.3) is 0 Å². The number of carbonyl (C=O) groups is 2. The fourth-order valence-electron chi connectivity index (χ4n) is 2.94. The summed E-state index contributed by atoms with van der Waals surface area (Å²) in [7, 11) is 0. The highest BCUT2D eigenvalue weighted by atomic mass is 16.6. The Hall–Kier alpha value is -3.08. The second kappa shape index (κ2) is 7.66. The van der Waals surface area contributed by atoms with Gasteiger partial charge in [-0.1, -0.05) is 35.9 Å². The van der Waals surface area contributed by atoms with Crippen molar-refractivity contribution in [2.75, 3.05) is 11.9 Å². The molecule has 1 aliphatic rings. The van der Waals surface area contributed by atoms with Gasteiger partial charge in [0.15, 0.2) is 6.10 Å². The van der Waals surface area contributed by atoms with Crippen molar-refractivity contribution in [2.24, 2.45) is 0 Å². The van der Waals surface area contributed by atoms with Gasteiger partial charge in [-0.2, -0.15) is 0 Å². The average Bonchev–Trinajstić information content (AvgIpc) is 2.95. The zero-order chi connectivity index (χ0) is 19.6. The van der Waals surface area contributed by atoms with Gasteiger partial charge in [-0.15, -0.1) is 0 Å². The maximum absolute atomic E-state index is 12.6. The van der Waals surface area contributed by atoms with E-state index in [4.69, 9.17) is 9.47 Å². The molecule has 2 aromatic carbocycles. The molecule has 1 heterocycles. The molecule has 5 nitrogen and oxygen atoms in total. The van der Waals surface area contributed by atoms with Crippen LogP contribution in [0.2, 0.25) is 0 Å². The van der Waals surface area contributed by atoms with Crippen molar-refractivity contribution in [1.82, 2.24) is 0 Å². The third-order valence-corrected chi connectivity index (χ3v) is 4.61. The van der Waals surface area contributed by atoms with E-state index in [0.717, 1.165) is 27.9 Å². The molecule has 0 amide bonds. The van der Waals surface area contributed by atoms with E-state index in [1.54, 1.807) is 6.92 Å². The fourth-order valence-corrected chi connectivity index (χ4v) is 2.94. The summed E-state index contributed by atoms with van der Waals surface area (Å²) in [6.07, 6.45) is -0.786. The molecule has 1 atom stereocenters. The maximum Gasteiger partial charge on any atom is 0.356 e. The number of aryl methyl sites for hydroxylation is 3. The van der Waals surface area contributed by atoms with Crippen molar-refractivity contribution >= 4 is 17.6 Å². The monoisotopic (exact) mass is 365 g/mol. The number of ether oxygens (including phenoxy) is 2. The van der Waals surface area contributed by atoms with E-state index in [1.165, 1.54) is 0 Å². The Morgan fingerprint density at radius 1 is 1.07 bits per heavy atom. The van der Waals surface area contributed by atoms with Gasteiger partial charge in [0.1, 0.15) is 11.3 Å². The Labute approximate surface area is 159 Å². The molecule has 0 fully saturated rings. The van der Waals surface area contributed by atoms with Crippen molar-refractivity contribution in [3.8, 4) is 0 Å². The highest BCUT2D eigenvalue weighted by Gasteiger charge is 2.40. The molecular formula is C22H23NO4. The van der Waals surface area contributed by atoms with E-state index in [9.17, 15) is 9.59 Å². The quantitative estimate of drug-likeness (QED) is 0.807. The average molecular weight is 365 g/mol. The highest BCUT2D eigenvalue weighted by molar-refractivity contribution is 6.06. The molecule has 0 aromatic heterocycles. The number of carbonyl (C=O) groups excluding carboxylic acids is 2. The van der Waals surface area contributed by atoms with Gasteiger partial charge in [0, 0.05) is 5.69 Å². The van der Waals surface area contributed by atoms with Crippen molar-refractivity contribution in [2.45, 2.75) is 33.8 Å². The first-order valence-corrected chi connectivity index (χ1v) is 8.93. The van der Waals surface area contributed by atoms with Crippen LogP contribution in [0.5, 0.6) is 0 Å². The Balaban J connectivity index is 2.03. The van der Waals surface area contributed by atoms with Crippen LogP contribution in [-0.2, 0) is 19.1 Å². The number of rotatable bonds is 5. The van der Waals surface area contributed by atoms with E-state index >= 15 is 0 Å². The summed E-state index contributed by atoms with van der Waals surface area (Å²) in [4.78, 5) is 25.2. The van der Waals surface area contributed by atoms with Crippen LogP contribution in [0.1, 0.15) is 35.3 Å². The van der Waals surface area contributed by atoms with Crippen molar-refractivity contribution in [3.05, 3.63) is 76.0 Å². The van der Waals surface area contributed by atoms with Crippen LogP contribution in [0.4, 0.5) is 5.69 Å². The molecule has 2 aromatic rings. The molecule has 0 spiro atoms. The lowest BCUT2D eigenvalue weighted by atomic mass is 10.00. The Kier molecular flexibility index (Phi) is 5.31. The molecular weight excluding hydrogens is 342 g/mol. The topological polar surface area (TPSA) is 64.6 Å². The third kappa shape index (κ3) is 3.87. The number of esters is 2. The van der Waals surface area contributed by atoms with E-state index in [2.05, 4.69) is 5.32 Å². The smallest absolute Gasteiger partial charge is 0.356 e. The second-order valence-corrected chi connectivity index (χ2v) is 6.63. The number of anilines is 1. The first-order valence-electron chi connectivity index (χ1n) is 8.93. The number of benzene rings is 2. The van der Waals surface area contributed by atoms with Gasteiger partial charge in [-0.3, -0.25) is 0 Å². The molecule has 0 aliphatic carbocycles. The van der Waals surface area contributed by atoms with Crippen LogP contribution in [0.25, 0.3) is 0 Å². The number of hydrogen-bond acceptors (Lipinski definition) is 5. The number of cyclic esters (lactones) is 1. The molecule has 1 unspecified atom stereocenters. The van der Waals surface area contributed by atoms with Crippen LogP contribution in [-0.4, -0.2) is 18.5 Å². The second-order valence-electron chi connectivity index (χ2n) is 6.63. The SMILES string of the molecule is CCOC(=O)C1=C(Nc2ccc(C)c(C)c2)C(=O)OC1c1ccc(C)cc1. The normalized spacial score (nSPS) is 16.3. The molecule has 0 radical (unpaired) electrons. The van der Waals surface area contributed by atoms with Crippen molar-refractivity contribution in [1.29, 1.82) is 0 Å². The Morgan fingerprint density at radius 2 is 1.78 bits per heavy atom. The van der Waals surface area contributed by atoms with E-state index in [-0.39, 0.29) is 17.9 Å². The fraction of sp³-hybridized carbons (Fsp3) is 0.273. The van der Waals surface area contributed by atoms with Gasteiger partial charge in [0.05, 0.1) is 6.61 Å². The summed E-state index contributed by atoms with van der Waals surface area (Å²) in [6.45, 7) is 7.92. The summed E-state index contributed by atoms with van der Waals surface area (Å²) in [5.41, 5.74) is 5.08.